The molecule has 0 saturated heterocycles. The van der Waals surface area contributed by atoms with Crippen molar-refractivity contribution in [2.24, 2.45) is 5.41 Å². The summed E-state index contributed by atoms with van der Waals surface area (Å²) in [7, 11) is 0. The highest BCUT2D eigenvalue weighted by Crippen LogP contribution is 2.49. The predicted octanol–water partition coefficient (Wildman–Crippen LogP) is 2.77. The lowest BCUT2D eigenvalue weighted by Crippen LogP contribution is -2.17. The van der Waals surface area contributed by atoms with Crippen LogP contribution in [0.15, 0.2) is 18.5 Å². The number of hydrogen-bond acceptors (Lipinski definition) is 3. The Labute approximate surface area is 101 Å². The van der Waals surface area contributed by atoms with Crippen molar-refractivity contribution in [3.63, 3.8) is 0 Å². The van der Waals surface area contributed by atoms with Crippen molar-refractivity contribution in [3.05, 3.63) is 24.0 Å². The van der Waals surface area contributed by atoms with Gasteiger partial charge in [-0.1, -0.05) is 13.3 Å². The van der Waals surface area contributed by atoms with Crippen LogP contribution in [0, 0.1) is 5.41 Å². The summed E-state index contributed by atoms with van der Waals surface area (Å²) in [6.45, 7) is 3.04. The molecule has 2 N–H and O–H groups in total. The number of rotatable bonds is 6. The molecule has 1 heterocycles. The number of nitrogens with one attached hydrogen (secondary N) is 1. The molecule has 1 aromatic rings. The fourth-order valence-electron chi connectivity index (χ4n) is 2.23. The van der Waals surface area contributed by atoms with Gasteiger partial charge >= 0.3 is 5.97 Å². The van der Waals surface area contributed by atoms with Crippen molar-refractivity contribution in [2.75, 3.05) is 11.9 Å². The first kappa shape index (κ1) is 11.9. The summed E-state index contributed by atoms with van der Waals surface area (Å²) >= 11 is 0. The summed E-state index contributed by atoms with van der Waals surface area (Å²) < 4.78 is 0. The standard InChI is InChI=1S/C13H18N2O2/c1-2-4-13(5-6-13)9-15-11-8-14-7-3-10(11)12(16)17/h3,7-8,15H,2,4-6,9H2,1H3,(H,16,17). The number of carbonyl (C=O) groups is 1. The molecule has 0 unspecified atom stereocenters. The summed E-state index contributed by atoms with van der Waals surface area (Å²) in [5.41, 5.74) is 1.33. The summed E-state index contributed by atoms with van der Waals surface area (Å²) in [6.07, 6.45) is 7.98. The van der Waals surface area contributed by atoms with E-state index in [1.807, 2.05) is 0 Å². The molecular weight excluding hydrogens is 216 g/mol. The van der Waals surface area contributed by atoms with Gasteiger partial charge in [-0.15, -0.1) is 0 Å². The van der Waals surface area contributed by atoms with E-state index in [0.717, 1.165) is 6.54 Å². The molecule has 17 heavy (non-hydrogen) atoms. The van der Waals surface area contributed by atoms with Crippen LogP contribution in [0.4, 0.5) is 5.69 Å². The SMILES string of the molecule is CCCC1(CNc2cnccc2C(=O)O)CC1. The highest BCUT2D eigenvalue weighted by molar-refractivity contribution is 5.93. The predicted molar refractivity (Wildman–Crippen MR) is 66.3 cm³/mol. The van der Waals surface area contributed by atoms with E-state index < -0.39 is 5.97 Å². The molecule has 1 aliphatic carbocycles. The fourth-order valence-corrected chi connectivity index (χ4v) is 2.23. The lowest BCUT2D eigenvalue weighted by atomic mass is 10.0. The molecule has 0 bridgehead atoms. The minimum absolute atomic E-state index is 0.298. The third kappa shape index (κ3) is 2.75. The van der Waals surface area contributed by atoms with Crippen molar-refractivity contribution >= 4 is 11.7 Å². The average Bonchev–Trinajstić information content (AvgIpc) is 3.08. The molecule has 1 aliphatic rings. The van der Waals surface area contributed by atoms with Crippen LogP contribution in [-0.2, 0) is 0 Å². The van der Waals surface area contributed by atoms with E-state index in [4.69, 9.17) is 5.11 Å². The average molecular weight is 234 g/mol. The van der Waals surface area contributed by atoms with Crippen LogP contribution in [0.5, 0.6) is 0 Å². The van der Waals surface area contributed by atoms with Crippen LogP contribution in [-0.4, -0.2) is 22.6 Å². The zero-order valence-electron chi connectivity index (χ0n) is 10.1. The van der Waals surface area contributed by atoms with Gasteiger partial charge in [0.25, 0.3) is 0 Å². The Balaban J connectivity index is 2.02. The van der Waals surface area contributed by atoms with E-state index in [9.17, 15) is 4.79 Å². The Bertz CT molecular complexity index is 414. The largest absolute Gasteiger partial charge is 0.478 e. The van der Waals surface area contributed by atoms with Gasteiger partial charge in [0.15, 0.2) is 0 Å². The highest BCUT2D eigenvalue weighted by atomic mass is 16.4. The van der Waals surface area contributed by atoms with E-state index in [-0.39, 0.29) is 0 Å². The number of pyridine rings is 1. The third-order valence-corrected chi connectivity index (χ3v) is 3.44. The van der Waals surface area contributed by atoms with Crippen molar-refractivity contribution in [2.45, 2.75) is 32.6 Å². The van der Waals surface area contributed by atoms with E-state index >= 15 is 0 Å². The molecular formula is C13H18N2O2. The first-order chi connectivity index (χ1) is 8.17. The van der Waals surface area contributed by atoms with Crippen molar-refractivity contribution < 1.29 is 9.90 Å². The maximum atomic E-state index is 11.0. The molecule has 0 spiro atoms. The van der Waals surface area contributed by atoms with Gasteiger partial charge in [0.05, 0.1) is 17.4 Å². The molecule has 0 aromatic carbocycles. The first-order valence-corrected chi connectivity index (χ1v) is 6.08. The molecule has 4 heteroatoms. The summed E-state index contributed by atoms with van der Waals surface area (Å²) in [5, 5.41) is 12.3. The van der Waals surface area contributed by atoms with Crippen LogP contribution in [0.3, 0.4) is 0 Å². The summed E-state index contributed by atoms with van der Waals surface area (Å²) in [4.78, 5) is 15.0. The maximum Gasteiger partial charge on any atom is 0.337 e. The monoisotopic (exact) mass is 234 g/mol. The third-order valence-electron chi connectivity index (χ3n) is 3.44. The van der Waals surface area contributed by atoms with Gasteiger partial charge in [0, 0.05) is 12.7 Å². The Morgan fingerprint density at radius 1 is 1.59 bits per heavy atom. The van der Waals surface area contributed by atoms with E-state index in [1.165, 1.54) is 37.9 Å². The quantitative estimate of drug-likeness (QED) is 0.794. The van der Waals surface area contributed by atoms with Crippen molar-refractivity contribution in [1.29, 1.82) is 0 Å². The molecule has 4 nitrogen and oxygen atoms in total. The number of aromatic carboxylic acids is 1. The van der Waals surface area contributed by atoms with Crippen LogP contribution < -0.4 is 5.32 Å². The molecule has 0 atom stereocenters. The van der Waals surface area contributed by atoms with Crippen molar-refractivity contribution in [3.8, 4) is 0 Å². The molecule has 2 rings (SSSR count). The molecule has 0 aliphatic heterocycles. The zero-order valence-corrected chi connectivity index (χ0v) is 10.1. The summed E-state index contributed by atoms with van der Waals surface area (Å²) in [5.74, 6) is -0.907. The molecule has 0 radical (unpaired) electrons. The number of aromatic nitrogens is 1. The second-order valence-corrected chi connectivity index (χ2v) is 4.83. The minimum atomic E-state index is -0.907. The second kappa shape index (κ2) is 4.73. The molecule has 1 fully saturated rings. The van der Waals surface area contributed by atoms with Gasteiger partial charge in [0.1, 0.15) is 0 Å². The van der Waals surface area contributed by atoms with Gasteiger partial charge in [0.2, 0.25) is 0 Å². The number of anilines is 1. The van der Waals surface area contributed by atoms with Gasteiger partial charge in [-0.2, -0.15) is 0 Å². The molecule has 1 aromatic heterocycles. The number of carboxylic acid groups (broad SMARTS) is 1. The number of hydrogen-bond donors (Lipinski definition) is 2. The summed E-state index contributed by atoms with van der Waals surface area (Å²) in [6, 6.07) is 1.53. The number of carboxylic acids is 1. The molecule has 92 valence electrons. The Morgan fingerprint density at radius 3 is 2.94 bits per heavy atom. The van der Waals surface area contributed by atoms with Gasteiger partial charge in [-0.25, -0.2) is 4.79 Å². The van der Waals surface area contributed by atoms with Gasteiger partial charge in [-0.05, 0) is 30.7 Å². The van der Waals surface area contributed by atoms with Crippen LogP contribution in [0.25, 0.3) is 0 Å². The fraction of sp³-hybridized carbons (Fsp3) is 0.538. The van der Waals surface area contributed by atoms with Crippen LogP contribution in [0.2, 0.25) is 0 Å². The lowest BCUT2D eigenvalue weighted by Gasteiger charge is -2.16. The van der Waals surface area contributed by atoms with Gasteiger partial charge < -0.3 is 10.4 Å². The van der Waals surface area contributed by atoms with Gasteiger partial charge in [-0.3, -0.25) is 4.98 Å². The minimum Gasteiger partial charge on any atom is -0.478 e. The smallest absolute Gasteiger partial charge is 0.337 e. The van der Waals surface area contributed by atoms with E-state index in [1.54, 1.807) is 6.20 Å². The van der Waals surface area contributed by atoms with E-state index in [0.29, 0.717) is 16.7 Å². The Morgan fingerprint density at radius 2 is 2.35 bits per heavy atom. The lowest BCUT2D eigenvalue weighted by molar-refractivity contribution is 0.0697. The maximum absolute atomic E-state index is 11.0. The van der Waals surface area contributed by atoms with E-state index in [2.05, 4.69) is 17.2 Å². The highest BCUT2D eigenvalue weighted by Gasteiger charge is 2.41. The van der Waals surface area contributed by atoms with Crippen LogP contribution >= 0.6 is 0 Å². The normalized spacial score (nSPS) is 16.5. The zero-order chi connectivity index (χ0) is 12.3. The first-order valence-electron chi connectivity index (χ1n) is 6.08. The number of nitrogens with zero attached hydrogens (tertiary/aromatic N) is 1. The Kier molecular flexibility index (Phi) is 3.31. The topological polar surface area (TPSA) is 62.2 Å². The van der Waals surface area contributed by atoms with Crippen molar-refractivity contribution in [1.82, 2.24) is 4.98 Å². The molecule has 1 saturated carbocycles. The molecule has 0 amide bonds. The Hall–Kier alpha value is -1.58. The van der Waals surface area contributed by atoms with Crippen LogP contribution in [0.1, 0.15) is 43.0 Å². The second-order valence-electron chi connectivity index (χ2n) is 4.83.